The molecule has 0 aliphatic carbocycles. The van der Waals surface area contributed by atoms with E-state index in [1.54, 1.807) is 0 Å². The van der Waals surface area contributed by atoms with Gasteiger partial charge in [0.2, 0.25) is 5.91 Å². The number of amides is 1. The second kappa shape index (κ2) is 6.48. The second-order valence-corrected chi connectivity index (χ2v) is 6.14. The Bertz CT molecular complexity index is 1100. The Kier molecular flexibility index (Phi) is 4.01. The highest BCUT2D eigenvalue weighted by atomic mass is 16.1. The van der Waals surface area contributed by atoms with Crippen molar-refractivity contribution in [2.75, 3.05) is 10.6 Å². The summed E-state index contributed by atoms with van der Waals surface area (Å²) in [5.74, 6) is 0.776. The molecule has 130 valence electrons. The van der Waals surface area contributed by atoms with E-state index in [2.05, 4.69) is 15.7 Å². The molecule has 1 amide bonds. The Morgan fingerprint density at radius 2 is 1.81 bits per heavy atom. The number of carbonyl (C=O) groups is 1. The number of benzene rings is 2. The van der Waals surface area contributed by atoms with E-state index >= 15 is 0 Å². The van der Waals surface area contributed by atoms with Crippen LogP contribution < -0.4 is 10.6 Å². The topological polar surface area (TPSA) is 71.3 Å². The molecule has 2 N–H and O–H groups in total. The fourth-order valence-corrected chi connectivity index (χ4v) is 2.89. The minimum absolute atomic E-state index is 0.0000705. The first-order valence-corrected chi connectivity index (χ1v) is 8.56. The molecule has 0 bridgehead atoms. The van der Waals surface area contributed by atoms with Crippen molar-refractivity contribution >= 4 is 39.6 Å². The number of rotatable bonds is 4. The zero-order valence-corrected chi connectivity index (χ0v) is 14.7. The molecule has 6 nitrogen and oxygen atoms in total. The Balaban J connectivity index is 1.71. The van der Waals surface area contributed by atoms with Gasteiger partial charge in [-0.05, 0) is 43.3 Å². The van der Waals surface area contributed by atoms with Crippen LogP contribution in [0.3, 0.4) is 0 Å². The highest BCUT2D eigenvalue weighted by Gasteiger charge is 2.10. The number of nitrogens with one attached hydrogen (secondary N) is 2. The van der Waals surface area contributed by atoms with Gasteiger partial charge in [0.1, 0.15) is 5.82 Å². The molecule has 0 aliphatic heterocycles. The number of nitrogens with zero attached hydrogens (tertiary/aromatic N) is 3. The van der Waals surface area contributed by atoms with Crippen molar-refractivity contribution in [3.63, 3.8) is 0 Å². The molecule has 6 heteroatoms. The van der Waals surface area contributed by atoms with Crippen LogP contribution in [0.4, 0.5) is 17.2 Å². The fraction of sp³-hybridized carbons (Fsp3) is 0.150. The normalized spacial score (nSPS) is 11.0. The summed E-state index contributed by atoms with van der Waals surface area (Å²) in [4.78, 5) is 16.2. The maximum Gasteiger partial charge on any atom is 0.224 e. The first-order chi connectivity index (χ1) is 12.6. The lowest BCUT2D eigenvalue weighted by molar-refractivity contribution is -0.115. The van der Waals surface area contributed by atoms with Gasteiger partial charge in [-0.25, -0.2) is 9.50 Å². The van der Waals surface area contributed by atoms with Gasteiger partial charge in [-0.15, -0.1) is 0 Å². The lowest BCUT2D eigenvalue weighted by Gasteiger charge is -2.11. The van der Waals surface area contributed by atoms with E-state index in [1.807, 2.05) is 73.0 Å². The fourth-order valence-electron chi connectivity index (χ4n) is 2.89. The molecule has 4 aromatic rings. The van der Waals surface area contributed by atoms with Crippen molar-refractivity contribution in [3.8, 4) is 0 Å². The number of aromatic nitrogens is 3. The SMILES string of the molecule is CCC(=O)Nc1ccc(Nc2nc3cc(C)nn3c3ccccc23)cc1. The molecule has 4 rings (SSSR count). The van der Waals surface area contributed by atoms with Gasteiger partial charge in [-0.1, -0.05) is 19.1 Å². The van der Waals surface area contributed by atoms with Crippen LogP contribution in [0.2, 0.25) is 0 Å². The molecule has 0 saturated heterocycles. The molecule has 0 radical (unpaired) electrons. The van der Waals surface area contributed by atoms with Crippen LogP contribution in [-0.4, -0.2) is 20.5 Å². The Morgan fingerprint density at radius 1 is 1.08 bits per heavy atom. The van der Waals surface area contributed by atoms with Gasteiger partial charge in [0.05, 0.1) is 11.2 Å². The van der Waals surface area contributed by atoms with E-state index in [4.69, 9.17) is 4.98 Å². The maximum atomic E-state index is 11.5. The third kappa shape index (κ3) is 2.97. The molecule has 2 aromatic heterocycles. The van der Waals surface area contributed by atoms with Crippen LogP contribution in [0.15, 0.2) is 54.6 Å². The van der Waals surface area contributed by atoms with Crippen molar-refractivity contribution in [2.45, 2.75) is 20.3 Å². The second-order valence-electron chi connectivity index (χ2n) is 6.14. The summed E-state index contributed by atoms with van der Waals surface area (Å²) in [6.07, 6.45) is 0.459. The highest BCUT2D eigenvalue weighted by Crippen LogP contribution is 2.26. The van der Waals surface area contributed by atoms with E-state index in [0.717, 1.165) is 39.4 Å². The average Bonchev–Trinajstić information content (AvgIpc) is 3.04. The standard InChI is InChI=1S/C20H19N5O/c1-3-19(26)21-14-8-10-15(11-9-14)22-20-16-6-4-5-7-17(16)25-18(23-20)12-13(2)24-25/h4-12H,3H2,1-2H3,(H,21,26)(H,22,23). The summed E-state index contributed by atoms with van der Waals surface area (Å²) < 4.78 is 1.86. The molecule has 0 spiro atoms. The number of hydrogen-bond donors (Lipinski definition) is 2. The largest absolute Gasteiger partial charge is 0.340 e. The molecular formula is C20H19N5O. The van der Waals surface area contributed by atoms with Crippen molar-refractivity contribution in [1.29, 1.82) is 0 Å². The van der Waals surface area contributed by atoms with Crippen molar-refractivity contribution in [3.05, 3.63) is 60.3 Å². The lowest BCUT2D eigenvalue weighted by Crippen LogP contribution is -2.09. The van der Waals surface area contributed by atoms with E-state index in [-0.39, 0.29) is 5.91 Å². The average molecular weight is 345 g/mol. The van der Waals surface area contributed by atoms with Gasteiger partial charge >= 0.3 is 0 Å². The van der Waals surface area contributed by atoms with Gasteiger partial charge in [-0.3, -0.25) is 4.79 Å². The predicted molar refractivity (Wildman–Crippen MR) is 104 cm³/mol. The van der Waals surface area contributed by atoms with Crippen molar-refractivity contribution < 1.29 is 4.79 Å². The van der Waals surface area contributed by atoms with Crippen LogP contribution in [0.5, 0.6) is 0 Å². The molecule has 0 atom stereocenters. The number of para-hydroxylation sites is 1. The third-order valence-corrected chi connectivity index (χ3v) is 4.18. The first kappa shape index (κ1) is 16.1. The van der Waals surface area contributed by atoms with Crippen molar-refractivity contribution in [2.24, 2.45) is 0 Å². The molecule has 0 unspecified atom stereocenters. The molecule has 2 aromatic carbocycles. The number of carbonyl (C=O) groups excluding carboxylic acids is 1. The molecular weight excluding hydrogens is 326 g/mol. The van der Waals surface area contributed by atoms with Crippen LogP contribution in [-0.2, 0) is 4.79 Å². The quantitative estimate of drug-likeness (QED) is 0.579. The lowest BCUT2D eigenvalue weighted by atomic mass is 10.2. The summed E-state index contributed by atoms with van der Waals surface area (Å²) in [5, 5.41) is 11.7. The Morgan fingerprint density at radius 3 is 2.58 bits per heavy atom. The summed E-state index contributed by atoms with van der Waals surface area (Å²) in [6.45, 7) is 3.79. The molecule has 0 saturated carbocycles. The van der Waals surface area contributed by atoms with E-state index < -0.39 is 0 Å². The number of hydrogen-bond acceptors (Lipinski definition) is 4. The number of fused-ring (bicyclic) bond motifs is 3. The first-order valence-electron chi connectivity index (χ1n) is 8.56. The minimum atomic E-state index is -0.0000705. The zero-order valence-electron chi connectivity index (χ0n) is 14.7. The summed E-state index contributed by atoms with van der Waals surface area (Å²) >= 11 is 0. The van der Waals surface area contributed by atoms with Crippen molar-refractivity contribution in [1.82, 2.24) is 14.6 Å². The van der Waals surface area contributed by atoms with E-state index in [9.17, 15) is 4.79 Å². The number of aryl methyl sites for hydroxylation is 1. The smallest absolute Gasteiger partial charge is 0.224 e. The third-order valence-electron chi connectivity index (χ3n) is 4.18. The monoisotopic (exact) mass is 345 g/mol. The molecule has 26 heavy (non-hydrogen) atoms. The van der Waals surface area contributed by atoms with E-state index in [0.29, 0.717) is 6.42 Å². The van der Waals surface area contributed by atoms with Gasteiger partial charge in [-0.2, -0.15) is 5.10 Å². The highest BCUT2D eigenvalue weighted by molar-refractivity contribution is 5.93. The summed E-state index contributed by atoms with van der Waals surface area (Å²) in [6, 6.07) is 17.6. The maximum absolute atomic E-state index is 11.5. The Hall–Kier alpha value is -3.41. The zero-order chi connectivity index (χ0) is 18.1. The molecule has 0 aliphatic rings. The van der Waals surface area contributed by atoms with Crippen LogP contribution in [0.25, 0.3) is 16.6 Å². The minimum Gasteiger partial charge on any atom is -0.340 e. The van der Waals surface area contributed by atoms with Crippen LogP contribution in [0.1, 0.15) is 19.0 Å². The summed E-state index contributed by atoms with van der Waals surface area (Å²) in [7, 11) is 0. The van der Waals surface area contributed by atoms with Crippen LogP contribution >= 0.6 is 0 Å². The predicted octanol–water partition coefficient (Wildman–Crippen LogP) is 4.28. The van der Waals surface area contributed by atoms with Gasteiger partial charge < -0.3 is 10.6 Å². The van der Waals surface area contributed by atoms with Crippen LogP contribution in [0, 0.1) is 6.92 Å². The Labute approximate surface area is 150 Å². The summed E-state index contributed by atoms with van der Waals surface area (Å²) in [5.41, 5.74) is 4.41. The number of anilines is 3. The van der Waals surface area contributed by atoms with Gasteiger partial charge in [0, 0.05) is 29.2 Å². The van der Waals surface area contributed by atoms with Gasteiger partial charge in [0.25, 0.3) is 0 Å². The van der Waals surface area contributed by atoms with E-state index in [1.165, 1.54) is 0 Å². The molecule has 2 heterocycles. The molecule has 0 fully saturated rings. The van der Waals surface area contributed by atoms with Gasteiger partial charge in [0.15, 0.2) is 5.65 Å².